The van der Waals surface area contributed by atoms with Gasteiger partial charge in [-0.1, -0.05) is 0 Å². The quantitative estimate of drug-likeness (QED) is 0.131. The van der Waals surface area contributed by atoms with E-state index in [2.05, 4.69) is 0 Å². The van der Waals surface area contributed by atoms with Crippen LogP contribution in [-0.4, -0.2) is 40.8 Å². The third-order valence-electron chi connectivity index (χ3n) is 0.327. The van der Waals surface area contributed by atoms with E-state index in [9.17, 15) is 0 Å². The van der Waals surface area contributed by atoms with Gasteiger partial charge in [0.2, 0.25) is 0 Å². The van der Waals surface area contributed by atoms with Gasteiger partial charge < -0.3 is 10.8 Å². The van der Waals surface area contributed by atoms with Crippen LogP contribution < -0.4 is 5.73 Å². The number of nitrogens with two attached hydrogens (primary N) is 1. The summed E-state index contributed by atoms with van der Waals surface area (Å²) in [5.74, 6) is 0. The molecule has 0 bridgehead atoms. The van der Waals surface area contributed by atoms with Crippen molar-refractivity contribution in [1.82, 2.24) is 0 Å². The molecule has 0 spiro atoms. The zero-order valence-electron chi connectivity index (χ0n) is 6.78. The van der Waals surface area contributed by atoms with Crippen LogP contribution in [0, 0.1) is 0 Å². The van der Waals surface area contributed by atoms with Crippen LogP contribution in [0.15, 0.2) is 3.67 Å². The standard InChI is InChI=1S/C2H7NO.N3.6H2O.Pt/c3-1-2-4;1-3-2;;;;;;;/h4H,1-3H2;;6*1H2;/q;-1;;;;;;;+4/p-6. The molecular formula is C2H13N4O7Pt-3. The Labute approximate surface area is 76.1 Å². The summed E-state index contributed by atoms with van der Waals surface area (Å²) in [7, 11) is 0. The van der Waals surface area contributed by atoms with Crippen LogP contribution >= 0.6 is 0 Å². The van der Waals surface area contributed by atoms with Crippen LogP contribution in [-0.2, 0) is 14.8 Å². The fourth-order valence-corrected chi connectivity index (χ4v) is 0.621. The molecule has 0 aliphatic carbocycles. The van der Waals surface area contributed by atoms with Gasteiger partial charge >= 0.3 is 51.5 Å². The Morgan fingerprint density at radius 1 is 1.14 bits per heavy atom. The summed E-state index contributed by atoms with van der Waals surface area (Å²) < 4.78 is 49.0. The van der Waals surface area contributed by atoms with Gasteiger partial charge in [0.15, 0.2) is 0 Å². The summed E-state index contributed by atoms with van der Waals surface area (Å²) in [6.45, 7) is 0.472. The van der Waals surface area contributed by atoms with E-state index < -0.39 is 14.8 Å². The summed E-state index contributed by atoms with van der Waals surface area (Å²) in [5.41, 5.74) is 12.2. The minimum atomic E-state index is -9.58. The number of azide groups is 1. The van der Waals surface area contributed by atoms with Gasteiger partial charge in [-0.05, 0) is 0 Å². The molecule has 0 aromatic carbocycles. The van der Waals surface area contributed by atoms with Crippen molar-refractivity contribution in [2.24, 2.45) is 9.41 Å². The molecule has 0 amide bonds. The van der Waals surface area contributed by atoms with E-state index in [4.69, 9.17) is 38.9 Å². The number of hydrogen-bond acceptors (Lipinski definition) is 9. The van der Waals surface area contributed by atoms with Crippen LogP contribution in [0.5, 0.6) is 0 Å². The van der Waals surface area contributed by atoms with Crippen LogP contribution in [0.1, 0.15) is 0 Å². The summed E-state index contributed by atoms with van der Waals surface area (Å²) in [4.78, 5) is 1.42. The van der Waals surface area contributed by atoms with Gasteiger partial charge in [-0.3, -0.25) is 0 Å². The molecule has 0 rings (SSSR count). The van der Waals surface area contributed by atoms with Gasteiger partial charge in [-0.25, -0.2) is 0 Å². The molecule has 9 N–H and O–H groups in total. The molecule has 0 aromatic rings. The predicted molar refractivity (Wildman–Crippen MR) is 38.6 cm³/mol. The Morgan fingerprint density at radius 2 is 1.43 bits per heavy atom. The van der Waals surface area contributed by atoms with Crippen molar-refractivity contribution in [3.05, 3.63) is 10.4 Å². The maximum atomic E-state index is 7.95. The summed E-state index contributed by atoms with van der Waals surface area (Å²) in [6.07, 6.45) is 0. The Kier molecular flexibility index (Phi) is 3.27. The molecule has 0 saturated heterocycles. The van der Waals surface area contributed by atoms with E-state index in [0.717, 1.165) is 0 Å². The van der Waals surface area contributed by atoms with Gasteiger partial charge in [0.25, 0.3) is 0 Å². The van der Waals surface area contributed by atoms with Crippen LogP contribution in [0.3, 0.4) is 0 Å². The van der Waals surface area contributed by atoms with Crippen molar-refractivity contribution in [3.8, 4) is 0 Å². The molecule has 0 aliphatic heterocycles. The molecular weight excluding hydrogens is 387 g/mol. The average Bonchev–Trinajstić information content (AvgIpc) is 1.81. The molecule has 0 unspecified atom stereocenters. The van der Waals surface area contributed by atoms with Gasteiger partial charge in [0.05, 0.1) is 6.61 Å². The first kappa shape index (κ1) is 16.1. The molecule has 0 atom stereocenters. The fraction of sp³-hybridized carbons (Fsp3) is 1.00. The maximum absolute atomic E-state index is 9.58. The normalized spacial score (nSPS) is 18.4. The van der Waals surface area contributed by atoms with E-state index in [-0.39, 0.29) is 6.61 Å². The fourth-order valence-electron chi connectivity index (χ4n) is 0.0759. The zero-order valence-corrected chi connectivity index (χ0v) is 9.05. The van der Waals surface area contributed by atoms with E-state index in [1.165, 1.54) is 8.58 Å². The van der Waals surface area contributed by atoms with Gasteiger partial charge in [0, 0.05) is 6.54 Å². The monoisotopic (exact) mass is 400 g/mol. The molecule has 0 saturated carbocycles. The Hall–Kier alpha value is -0.322. The van der Waals surface area contributed by atoms with E-state index >= 15 is 0 Å². The second kappa shape index (κ2) is 2.84. The van der Waals surface area contributed by atoms with Gasteiger partial charge in [-0.15, -0.1) is 0 Å². The second-order valence-electron chi connectivity index (χ2n) is 1.99. The molecule has 0 aromatic heterocycles. The van der Waals surface area contributed by atoms with E-state index in [1.54, 1.807) is 0 Å². The Bertz CT molecular complexity index is 245. The first-order valence-electron chi connectivity index (χ1n) is 2.61. The topological polar surface area (TPSA) is 216 Å². The van der Waals surface area contributed by atoms with Crippen molar-refractivity contribution in [2.75, 3.05) is 13.2 Å². The first-order chi connectivity index (χ1) is 5.66. The molecule has 0 radical (unpaired) electrons. The van der Waals surface area contributed by atoms with Crippen molar-refractivity contribution >= 4 is 0 Å². The molecule has 0 fully saturated rings. The predicted octanol–water partition coefficient (Wildman–Crippen LogP) is -3.65. The number of aliphatic hydroxyl groups excluding tert-OH is 1. The molecule has 0 heterocycles. The van der Waals surface area contributed by atoms with Gasteiger partial charge in [0.1, 0.15) is 0 Å². The number of aliphatic hydroxyl groups is 1. The molecule has 0 aliphatic rings. The van der Waals surface area contributed by atoms with Crippen molar-refractivity contribution in [1.29, 1.82) is 0 Å². The molecule has 12 heteroatoms. The first-order valence-corrected chi connectivity index (χ1v) is 9.73. The van der Waals surface area contributed by atoms with Crippen LogP contribution in [0.4, 0.5) is 0 Å². The number of nitrogens with zero attached hydrogens (tertiary/aromatic N) is 3. The third kappa shape index (κ3) is 22.6. The number of rotatable bonds is 2. The minimum absolute atomic E-state index is 0.0972. The average molecular weight is 400 g/mol. The number of hydrogen-bond donors (Lipinski definition) is 8. The van der Waals surface area contributed by atoms with Crippen LogP contribution in [0.2, 0.25) is 0 Å². The van der Waals surface area contributed by atoms with E-state index in [1.807, 2.05) is 0 Å². The molecule has 96 valence electrons. The van der Waals surface area contributed by atoms with Gasteiger partial charge in [-0.2, -0.15) is 0 Å². The summed E-state index contributed by atoms with van der Waals surface area (Å²) in [5, 5.41) is 7.75. The SMILES string of the molecule is NCCO.[N-]=[N+]=[N][Pt-3]([OH])([OH])([OH])([OH])([OH])[OH]. The third-order valence-corrected chi connectivity index (χ3v) is 1.75. The van der Waals surface area contributed by atoms with Crippen molar-refractivity contribution in [2.45, 2.75) is 0 Å². The Balaban J connectivity index is 0. The zero-order chi connectivity index (χ0) is 12.2. The summed E-state index contributed by atoms with van der Waals surface area (Å²) in [6, 6.07) is 0. The van der Waals surface area contributed by atoms with Crippen molar-refractivity contribution in [3.63, 3.8) is 0 Å². The van der Waals surface area contributed by atoms with Crippen LogP contribution in [0.25, 0.3) is 10.4 Å². The molecule has 14 heavy (non-hydrogen) atoms. The molecule has 11 nitrogen and oxygen atoms in total. The Morgan fingerprint density at radius 3 is 1.43 bits per heavy atom. The van der Waals surface area contributed by atoms with E-state index in [0.29, 0.717) is 6.54 Å². The summed E-state index contributed by atoms with van der Waals surface area (Å²) >= 11 is -9.58. The van der Waals surface area contributed by atoms with Crippen molar-refractivity contribution < 1.29 is 42.5 Å². The second-order valence-corrected chi connectivity index (χ2v) is 12.0.